The zero-order valence-corrected chi connectivity index (χ0v) is 13.0. The van der Waals surface area contributed by atoms with Crippen LogP contribution in [0.3, 0.4) is 0 Å². The molecule has 0 amide bonds. The van der Waals surface area contributed by atoms with E-state index in [0.29, 0.717) is 11.1 Å². The number of aromatic carboxylic acids is 1. The van der Waals surface area contributed by atoms with E-state index in [0.717, 1.165) is 0 Å². The number of rotatable bonds is 5. The Labute approximate surface area is 135 Å². The first-order valence-corrected chi connectivity index (χ1v) is 8.28. The first-order chi connectivity index (χ1) is 11.3. The Bertz CT molecular complexity index is 1060. The highest BCUT2D eigenvalue weighted by atomic mass is 32.2. The number of hydrogen-bond donors (Lipinski definition) is 3. The van der Waals surface area contributed by atoms with E-state index in [1.54, 1.807) is 0 Å². The van der Waals surface area contributed by atoms with E-state index >= 15 is 0 Å². The van der Waals surface area contributed by atoms with E-state index < -0.39 is 21.7 Å². The van der Waals surface area contributed by atoms with Gasteiger partial charge in [-0.25, -0.2) is 22.7 Å². The number of aromatic amines is 1. The average molecular weight is 348 g/mol. The van der Waals surface area contributed by atoms with Crippen molar-refractivity contribution < 1.29 is 22.7 Å². The Morgan fingerprint density at radius 3 is 2.54 bits per heavy atom. The molecule has 0 saturated carbocycles. The molecule has 2 aromatic carbocycles. The van der Waals surface area contributed by atoms with E-state index in [2.05, 4.69) is 9.71 Å². The third-order valence-corrected chi connectivity index (χ3v) is 4.77. The van der Waals surface area contributed by atoms with Gasteiger partial charge in [0.05, 0.1) is 16.0 Å². The van der Waals surface area contributed by atoms with Crippen LogP contribution in [-0.4, -0.2) is 24.5 Å². The van der Waals surface area contributed by atoms with Gasteiger partial charge in [0.15, 0.2) is 5.58 Å². The number of carbonyl (C=O) groups is 1. The van der Waals surface area contributed by atoms with Crippen LogP contribution in [0.15, 0.2) is 56.6 Å². The van der Waals surface area contributed by atoms with E-state index in [9.17, 15) is 18.0 Å². The van der Waals surface area contributed by atoms with Crippen LogP contribution in [0.2, 0.25) is 0 Å². The molecule has 1 aromatic heterocycles. The van der Waals surface area contributed by atoms with Gasteiger partial charge >= 0.3 is 11.7 Å². The predicted molar refractivity (Wildman–Crippen MR) is 84.3 cm³/mol. The fraction of sp³-hybridized carbons (Fsp3) is 0.0667. The average Bonchev–Trinajstić information content (AvgIpc) is 2.92. The number of carboxylic acids is 1. The zero-order valence-electron chi connectivity index (χ0n) is 12.1. The number of benzene rings is 2. The molecule has 0 aliphatic rings. The van der Waals surface area contributed by atoms with Crippen molar-refractivity contribution in [3.63, 3.8) is 0 Å². The molecule has 3 aromatic rings. The van der Waals surface area contributed by atoms with Crippen molar-refractivity contribution in [2.75, 3.05) is 0 Å². The van der Waals surface area contributed by atoms with Crippen molar-refractivity contribution >= 4 is 27.1 Å². The Balaban J connectivity index is 1.79. The van der Waals surface area contributed by atoms with E-state index in [1.165, 1.54) is 42.5 Å². The van der Waals surface area contributed by atoms with Crippen LogP contribution in [0.1, 0.15) is 15.9 Å². The van der Waals surface area contributed by atoms with E-state index in [-0.39, 0.29) is 22.6 Å². The van der Waals surface area contributed by atoms with Crippen molar-refractivity contribution in [2.45, 2.75) is 11.4 Å². The summed E-state index contributed by atoms with van der Waals surface area (Å²) in [7, 11) is -3.81. The fourth-order valence-electron chi connectivity index (χ4n) is 2.12. The van der Waals surface area contributed by atoms with Crippen molar-refractivity contribution in [3.8, 4) is 0 Å². The monoisotopic (exact) mass is 348 g/mol. The Morgan fingerprint density at radius 2 is 1.88 bits per heavy atom. The van der Waals surface area contributed by atoms with Gasteiger partial charge in [-0.05, 0) is 29.8 Å². The molecule has 0 unspecified atom stereocenters. The number of aromatic nitrogens is 1. The summed E-state index contributed by atoms with van der Waals surface area (Å²) in [4.78, 5) is 24.3. The first kappa shape index (κ1) is 16.0. The van der Waals surface area contributed by atoms with Crippen molar-refractivity contribution in [1.82, 2.24) is 9.71 Å². The SMILES string of the molecule is O=C(O)c1ccc(CNS(=O)(=O)c2ccc3[nH]c(=O)oc3c2)cc1. The van der Waals surface area contributed by atoms with Gasteiger partial charge in [-0.2, -0.15) is 0 Å². The van der Waals surface area contributed by atoms with Gasteiger partial charge in [0, 0.05) is 12.6 Å². The fourth-order valence-corrected chi connectivity index (χ4v) is 3.15. The Morgan fingerprint density at radius 1 is 1.17 bits per heavy atom. The maximum absolute atomic E-state index is 12.3. The lowest BCUT2D eigenvalue weighted by atomic mass is 10.1. The van der Waals surface area contributed by atoms with Gasteiger partial charge < -0.3 is 9.52 Å². The minimum atomic E-state index is -3.81. The number of oxazole rings is 1. The molecular formula is C15H12N2O6S. The van der Waals surface area contributed by atoms with Crippen molar-refractivity contribution in [2.24, 2.45) is 0 Å². The summed E-state index contributed by atoms with van der Waals surface area (Å²) in [6.45, 7) is -0.00262. The first-order valence-electron chi connectivity index (χ1n) is 6.80. The number of nitrogens with one attached hydrogen (secondary N) is 2. The van der Waals surface area contributed by atoms with Crippen molar-refractivity contribution in [3.05, 3.63) is 64.1 Å². The summed E-state index contributed by atoms with van der Waals surface area (Å²) in [6, 6.07) is 9.89. The minimum absolute atomic E-state index is 0.00262. The molecule has 0 bridgehead atoms. The Kier molecular flexibility index (Phi) is 3.96. The number of carboxylic acid groups (broad SMARTS) is 1. The molecule has 9 heteroatoms. The summed E-state index contributed by atoms with van der Waals surface area (Å²) in [5.41, 5.74) is 1.28. The second-order valence-corrected chi connectivity index (χ2v) is 6.77. The topological polar surface area (TPSA) is 129 Å². The molecule has 3 N–H and O–H groups in total. The maximum Gasteiger partial charge on any atom is 0.417 e. The lowest BCUT2D eigenvalue weighted by Gasteiger charge is -2.07. The second kappa shape index (κ2) is 5.95. The molecule has 24 heavy (non-hydrogen) atoms. The van der Waals surface area contributed by atoms with Crippen LogP contribution in [-0.2, 0) is 16.6 Å². The molecular weight excluding hydrogens is 336 g/mol. The molecule has 0 saturated heterocycles. The molecule has 1 heterocycles. The molecule has 0 radical (unpaired) electrons. The van der Waals surface area contributed by atoms with Crippen LogP contribution in [0.5, 0.6) is 0 Å². The molecule has 8 nitrogen and oxygen atoms in total. The van der Waals surface area contributed by atoms with Gasteiger partial charge in [0.1, 0.15) is 0 Å². The highest BCUT2D eigenvalue weighted by Crippen LogP contribution is 2.17. The van der Waals surface area contributed by atoms with Gasteiger partial charge in [-0.1, -0.05) is 12.1 Å². The van der Waals surface area contributed by atoms with E-state index in [1.807, 2.05) is 0 Å². The molecule has 124 valence electrons. The Hall–Kier alpha value is -2.91. The van der Waals surface area contributed by atoms with E-state index in [4.69, 9.17) is 9.52 Å². The van der Waals surface area contributed by atoms with Crippen LogP contribution in [0.25, 0.3) is 11.1 Å². The van der Waals surface area contributed by atoms with Crippen LogP contribution in [0.4, 0.5) is 0 Å². The van der Waals surface area contributed by atoms with Gasteiger partial charge in [0.2, 0.25) is 10.0 Å². The highest BCUT2D eigenvalue weighted by molar-refractivity contribution is 7.89. The molecule has 0 aliphatic heterocycles. The summed E-state index contributed by atoms with van der Waals surface area (Å²) < 4.78 is 31.8. The molecule has 0 fully saturated rings. The molecule has 3 rings (SSSR count). The smallest absolute Gasteiger partial charge is 0.417 e. The van der Waals surface area contributed by atoms with Gasteiger partial charge in [-0.15, -0.1) is 0 Å². The van der Waals surface area contributed by atoms with Crippen LogP contribution < -0.4 is 10.5 Å². The van der Waals surface area contributed by atoms with Gasteiger partial charge in [-0.3, -0.25) is 4.98 Å². The lowest BCUT2D eigenvalue weighted by Crippen LogP contribution is -2.23. The quantitative estimate of drug-likeness (QED) is 0.637. The zero-order chi connectivity index (χ0) is 17.3. The lowest BCUT2D eigenvalue weighted by molar-refractivity contribution is 0.0697. The summed E-state index contributed by atoms with van der Waals surface area (Å²) >= 11 is 0. The minimum Gasteiger partial charge on any atom is -0.478 e. The number of sulfonamides is 1. The summed E-state index contributed by atoms with van der Waals surface area (Å²) in [5, 5.41) is 8.83. The summed E-state index contributed by atoms with van der Waals surface area (Å²) in [5.74, 6) is -1.71. The summed E-state index contributed by atoms with van der Waals surface area (Å²) in [6.07, 6.45) is 0. The third-order valence-electron chi connectivity index (χ3n) is 3.37. The van der Waals surface area contributed by atoms with Crippen LogP contribution >= 0.6 is 0 Å². The third kappa shape index (κ3) is 3.21. The highest BCUT2D eigenvalue weighted by Gasteiger charge is 2.16. The van der Waals surface area contributed by atoms with Crippen molar-refractivity contribution in [1.29, 1.82) is 0 Å². The molecule has 0 aliphatic carbocycles. The molecule has 0 atom stereocenters. The number of hydrogen-bond acceptors (Lipinski definition) is 5. The number of fused-ring (bicyclic) bond motifs is 1. The van der Waals surface area contributed by atoms with Gasteiger partial charge in [0.25, 0.3) is 0 Å². The standard InChI is InChI=1S/C15H12N2O6S/c18-14(19)10-3-1-9(2-4-10)8-16-24(21,22)11-5-6-12-13(7-11)23-15(20)17-12/h1-7,16H,8H2,(H,17,20)(H,18,19). The van der Waals surface area contributed by atoms with Crippen LogP contribution in [0, 0.1) is 0 Å². The number of H-pyrrole nitrogens is 1. The maximum atomic E-state index is 12.3. The second-order valence-electron chi connectivity index (χ2n) is 5.00. The molecule has 0 spiro atoms. The largest absolute Gasteiger partial charge is 0.478 e. The predicted octanol–water partition coefficient (Wildman–Crippen LogP) is 1.30. The normalized spacial score (nSPS) is 11.7.